The van der Waals surface area contributed by atoms with Crippen LogP contribution in [0, 0.1) is 0 Å². The number of fused-ring (bicyclic) bond motifs is 1. The molecular weight excluding hydrogens is 314 g/mol. The number of ether oxygens (including phenoxy) is 1. The Labute approximate surface area is 136 Å². The van der Waals surface area contributed by atoms with Crippen molar-refractivity contribution in [1.29, 1.82) is 0 Å². The fraction of sp³-hybridized carbons (Fsp3) is 0.235. The number of morpholine rings is 1. The minimum atomic E-state index is -0.0252. The molecule has 1 aliphatic rings. The minimum absolute atomic E-state index is 0.0252. The van der Waals surface area contributed by atoms with E-state index in [1.807, 2.05) is 22.4 Å². The summed E-state index contributed by atoms with van der Waals surface area (Å²) < 4.78 is 12.0. The van der Waals surface area contributed by atoms with Crippen LogP contribution in [0.4, 0.5) is 5.88 Å². The standard InChI is InChI=1S/C17H15NO4S/c19-12-3-1-11(2-4-12)13-10-23-17-14(20)9-15(22-16(13)17)18-5-7-21-8-6-18/h1-4,9-10,19H,5-8H2. The number of rotatable bonds is 2. The second-order valence-corrected chi connectivity index (χ2v) is 6.28. The van der Waals surface area contributed by atoms with E-state index in [4.69, 9.17) is 9.15 Å². The second kappa shape index (κ2) is 5.72. The molecule has 5 nitrogen and oxygen atoms in total. The maximum Gasteiger partial charge on any atom is 0.204 e. The Kier molecular flexibility index (Phi) is 3.55. The van der Waals surface area contributed by atoms with Crippen molar-refractivity contribution in [3.8, 4) is 16.9 Å². The highest BCUT2D eigenvalue weighted by molar-refractivity contribution is 7.17. The van der Waals surface area contributed by atoms with E-state index in [0.29, 0.717) is 42.5 Å². The van der Waals surface area contributed by atoms with E-state index < -0.39 is 0 Å². The fourth-order valence-electron chi connectivity index (χ4n) is 2.71. The first-order chi connectivity index (χ1) is 11.2. The van der Waals surface area contributed by atoms with E-state index in [1.165, 1.54) is 11.3 Å². The van der Waals surface area contributed by atoms with Gasteiger partial charge in [-0.05, 0) is 17.7 Å². The van der Waals surface area contributed by atoms with E-state index in [0.717, 1.165) is 11.1 Å². The molecule has 118 valence electrons. The third-order valence-corrected chi connectivity index (χ3v) is 4.91. The maximum absolute atomic E-state index is 12.4. The lowest BCUT2D eigenvalue weighted by Crippen LogP contribution is -2.36. The van der Waals surface area contributed by atoms with Crippen LogP contribution in [0.25, 0.3) is 21.4 Å². The Bertz CT molecular complexity index is 891. The van der Waals surface area contributed by atoms with Gasteiger partial charge in [-0.25, -0.2) is 0 Å². The molecule has 3 aromatic rings. The SMILES string of the molecule is O=c1cc(N2CCOCC2)oc2c(-c3ccc(O)cc3)csc12. The minimum Gasteiger partial charge on any atom is -0.508 e. The molecule has 1 saturated heterocycles. The molecule has 0 bridgehead atoms. The highest BCUT2D eigenvalue weighted by Gasteiger charge is 2.18. The molecule has 0 unspecified atom stereocenters. The summed E-state index contributed by atoms with van der Waals surface area (Å²) in [5.41, 5.74) is 2.37. The van der Waals surface area contributed by atoms with Crippen molar-refractivity contribution in [1.82, 2.24) is 0 Å². The third kappa shape index (κ3) is 2.60. The van der Waals surface area contributed by atoms with Gasteiger partial charge in [0, 0.05) is 30.1 Å². The van der Waals surface area contributed by atoms with Crippen LogP contribution in [0.5, 0.6) is 5.75 Å². The van der Waals surface area contributed by atoms with Crippen molar-refractivity contribution in [3.63, 3.8) is 0 Å². The van der Waals surface area contributed by atoms with Gasteiger partial charge < -0.3 is 19.2 Å². The first-order valence-corrected chi connectivity index (χ1v) is 8.28. The van der Waals surface area contributed by atoms with Gasteiger partial charge >= 0.3 is 0 Å². The number of aromatic hydroxyl groups is 1. The van der Waals surface area contributed by atoms with E-state index in [1.54, 1.807) is 18.2 Å². The largest absolute Gasteiger partial charge is 0.508 e. The first-order valence-electron chi connectivity index (χ1n) is 7.40. The quantitative estimate of drug-likeness (QED) is 0.783. The van der Waals surface area contributed by atoms with Crippen molar-refractivity contribution in [2.24, 2.45) is 0 Å². The van der Waals surface area contributed by atoms with Gasteiger partial charge in [-0.3, -0.25) is 4.79 Å². The Balaban J connectivity index is 1.84. The second-order valence-electron chi connectivity index (χ2n) is 5.40. The topological polar surface area (TPSA) is 62.9 Å². The molecule has 0 atom stereocenters. The Morgan fingerprint density at radius 2 is 1.87 bits per heavy atom. The fourth-order valence-corrected chi connectivity index (χ4v) is 3.62. The third-order valence-electron chi connectivity index (χ3n) is 3.93. The summed E-state index contributed by atoms with van der Waals surface area (Å²) in [4.78, 5) is 14.4. The van der Waals surface area contributed by atoms with Crippen molar-refractivity contribution in [2.75, 3.05) is 31.2 Å². The lowest BCUT2D eigenvalue weighted by molar-refractivity contribution is 0.121. The molecule has 0 aliphatic carbocycles. The number of benzene rings is 1. The molecule has 1 fully saturated rings. The number of hydrogen-bond acceptors (Lipinski definition) is 6. The van der Waals surface area contributed by atoms with E-state index in [2.05, 4.69) is 0 Å². The number of hydrogen-bond donors (Lipinski definition) is 1. The van der Waals surface area contributed by atoms with Crippen molar-refractivity contribution < 1.29 is 14.3 Å². The summed E-state index contributed by atoms with van der Waals surface area (Å²) in [6, 6.07) is 8.45. The van der Waals surface area contributed by atoms with Crippen LogP contribution in [0.1, 0.15) is 0 Å². The van der Waals surface area contributed by atoms with Gasteiger partial charge in [-0.1, -0.05) is 12.1 Å². The molecule has 1 aliphatic heterocycles. The molecule has 6 heteroatoms. The molecule has 1 N–H and O–H groups in total. The van der Waals surface area contributed by atoms with Crippen LogP contribution < -0.4 is 10.3 Å². The molecular formula is C17H15NO4S. The first kappa shape index (κ1) is 14.3. The number of thiophene rings is 1. The summed E-state index contributed by atoms with van der Waals surface area (Å²) in [7, 11) is 0. The van der Waals surface area contributed by atoms with Crippen LogP contribution in [0.2, 0.25) is 0 Å². The van der Waals surface area contributed by atoms with E-state index >= 15 is 0 Å². The van der Waals surface area contributed by atoms with Crippen molar-refractivity contribution >= 4 is 27.5 Å². The molecule has 0 saturated carbocycles. The highest BCUT2D eigenvalue weighted by atomic mass is 32.1. The average molecular weight is 329 g/mol. The van der Waals surface area contributed by atoms with Gasteiger partial charge in [0.15, 0.2) is 11.5 Å². The molecule has 23 heavy (non-hydrogen) atoms. The van der Waals surface area contributed by atoms with Gasteiger partial charge in [0.05, 0.1) is 13.2 Å². The van der Waals surface area contributed by atoms with E-state index in [9.17, 15) is 9.90 Å². The van der Waals surface area contributed by atoms with Crippen LogP contribution in [0.15, 0.2) is 44.9 Å². The predicted octanol–water partition coefficient (Wildman–Crippen LogP) is 3.06. The Morgan fingerprint density at radius 3 is 2.61 bits per heavy atom. The molecule has 0 amide bonds. The van der Waals surface area contributed by atoms with Crippen molar-refractivity contribution in [3.05, 3.63) is 45.9 Å². The van der Waals surface area contributed by atoms with Gasteiger partial charge in [0.1, 0.15) is 10.4 Å². The lowest BCUT2D eigenvalue weighted by Gasteiger charge is -2.27. The zero-order valence-corrected chi connectivity index (χ0v) is 13.1. The maximum atomic E-state index is 12.4. The molecule has 3 heterocycles. The number of phenols is 1. The summed E-state index contributed by atoms with van der Waals surface area (Å²) in [5.74, 6) is 0.799. The Morgan fingerprint density at radius 1 is 1.13 bits per heavy atom. The zero-order valence-electron chi connectivity index (χ0n) is 12.3. The molecule has 0 spiro atoms. The summed E-state index contributed by atoms with van der Waals surface area (Å²) in [6.07, 6.45) is 0. The molecule has 1 aromatic carbocycles. The normalized spacial score (nSPS) is 15.2. The Hall–Kier alpha value is -2.31. The number of phenolic OH excluding ortho intramolecular Hbond substituents is 1. The van der Waals surface area contributed by atoms with Crippen LogP contribution in [0.3, 0.4) is 0 Å². The zero-order chi connectivity index (χ0) is 15.8. The van der Waals surface area contributed by atoms with Gasteiger partial charge in [-0.2, -0.15) is 0 Å². The molecule has 4 rings (SSSR count). The van der Waals surface area contributed by atoms with Gasteiger partial charge in [-0.15, -0.1) is 11.3 Å². The summed E-state index contributed by atoms with van der Waals surface area (Å²) >= 11 is 1.38. The van der Waals surface area contributed by atoms with Gasteiger partial charge in [0.2, 0.25) is 5.43 Å². The van der Waals surface area contributed by atoms with Crippen LogP contribution in [-0.4, -0.2) is 31.4 Å². The molecule has 0 radical (unpaired) electrons. The average Bonchev–Trinajstić information content (AvgIpc) is 3.01. The monoisotopic (exact) mass is 329 g/mol. The smallest absolute Gasteiger partial charge is 0.204 e. The van der Waals surface area contributed by atoms with Crippen LogP contribution in [-0.2, 0) is 4.74 Å². The van der Waals surface area contributed by atoms with Gasteiger partial charge in [0.25, 0.3) is 0 Å². The summed E-state index contributed by atoms with van der Waals surface area (Å²) in [6.45, 7) is 2.70. The van der Waals surface area contributed by atoms with Crippen LogP contribution >= 0.6 is 11.3 Å². The van der Waals surface area contributed by atoms with Crippen molar-refractivity contribution in [2.45, 2.75) is 0 Å². The number of nitrogens with zero attached hydrogens (tertiary/aromatic N) is 1. The predicted molar refractivity (Wildman–Crippen MR) is 90.5 cm³/mol. The number of anilines is 1. The lowest BCUT2D eigenvalue weighted by atomic mass is 10.1. The van der Waals surface area contributed by atoms with E-state index in [-0.39, 0.29) is 11.2 Å². The molecule has 2 aromatic heterocycles. The summed E-state index contributed by atoms with van der Waals surface area (Å²) in [5, 5.41) is 11.4. The highest BCUT2D eigenvalue weighted by Crippen LogP contribution is 2.35.